The Hall–Kier alpha value is -4.01. The topological polar surface area (TPSA) is 162 Å². The van der Waals surface area contributed by atoms with Crippen molar-refractivity contribution in [3.63, 3.8) is 0 Å². The molecular weight excluding hydrogens is 569 g/mol. The molecule has 41 heavy (non-hydrogen) atoms. The number of nitrogens with one attached hydrogen (secondary N) is 2. The number of carbonyl (C=O) groups is 2. The molecule has 5 rings (SSSR count). The number of nitrogens with zero attached hydrogens (tertiary/aromatic N) is 4. The minimum Gasteiger partial charge on any atom is -0.475 e. The van der Waals surface area contributed by atoms with Gasteiger partial charge >= 0.3 is 12.1 Å². The molecule has 218 valence electrons. The molecule has 2 heterocycles. The molecule has 1 aliphatic rings. The highest BCUT2D eigenvalue weighted by atomic mass is 35.5. The molecule has 4 atom stereocenters. The highest BCUT2D eigenvalue weighted by Crippen LogP contribution is 2.34. The molecule has 0 radical (unpaired) electrons. The number of imidazole rings is 1. The number of carboxylic acid groups (broad SMARTS) is 1. The second-order valence-electron chi connectivity index (χ2n) is 9.27. The molecule has 11 nitrogen and oxygen atoms in total. The number of aliphatic carboxylic acids is 1. The van der Waals surface area contributed by atoms with Crippen LogP contribution in [0, 0.1) is 0 Å². The van der Waals surface area contributed by atoms with Crippen molar-refractivity contribution in [1.29, 1.82) is 0 Å². The largest absolute Gasteiger partial charge is 0.490 e. The van der Waals surface area contributed by atoms with Crippen LogP contribution in [0.15, 0.2) is 48.8 Å². The summed E-state index contributed by atoms with van der Waals surface area (Å²) in [6.45, 7) is 2.24. The highest BCUT2D eigenvalue weighted by molar-refractivity contribution is 6.28. The Morgan fingerprint density at radius 1 is 1.10 bits per heavy atom. The number of hydrogen-bond acceptors (Lipinski definition) is 8. The van der Waals surface area contributed by atoms with Gasteiger partial charge in [-0.3, -0.25) is 4.79 Å². The summed E-state index contributed by atoms with van der Waals surface area (Å²) >= 11 is 6.25. The second kappa shape index (κ2) is 12.2. The number of halogens is 4. The maximum atomic E-state index is 11.8. The van der Waals surface area contributed by atoms with E-state index in [0.717, 1.165) is 16.3 Å². The normalized spacial score (nSPS) is 20.5. The van der Waals surface area contributed by atoms with Crippen LogP contribution in [0.3, 0.4) is 0 Å². The minimum atomic E-state index is -5.08. The first kappa shape index (κ1) is 30.0. The number of fused-ring (bicyclic) bond motifs is 2. The van der Waals surface area contributed by atoms with Crippen LogP contribution in [-0.2, 0) is 16.1 Å². The summed E-state index contributed by atoms with van der Waals surface area (Å²) in [6, 6.07) is 13.2. The van der Waals surface area contributed by atoms with Gasteiger partial charge < -0.3 is 30.5 Å². The van der Waals surface area contributed by atoms with Gasteiger partial charge in [0.1, 0.15) is 12.2 Å². The van der Waals surface area contributed by atoms with Gasteiger partial charge in [-0.05, 0) is 34.4 Å². The number of alkyl halides is 3. The zero-order valence-corrected chi connectivity index (χ0v) is 22.3. The van der Waals surface area contributed by atoms with Crippen LogP contribution >= 0.6 is 11.6 Å². The third-order valence-electron chi connectivity index (χ3n) is 6.64. The lowest BCUT2D eigenvalue weighted by atomic mass is 10.0. The Morgan fingerprint density at radius 3 is 2.46 bits per heavy atom. The van der Waals surface area contributed by atoms with Gasteiger partial charge in [0.15, 0.2) is 17.0 Å². The van der Waals surface area contributed by atoms with E-state index in [1.54, 1.807) is 17.8 Å². The number of benzene rings is 2. The van der Waals surface area contributed by atoms with Gasteiger partial charge in [0.05, 0.1) is 18.4 Å². The van der Waals surface area contributed by atoms with Gasteiger partial charge in [-0.1, -0.05) is 49.4 Å². The van der Waals surface area contributed by atoms with Crippen molar-refractivity contribution in [3.8, 4) is 0 Å². The van der Waals surface area contributed by atoms with Gasteiger partial charge in [-0.25, -0.2) is 9.78 Å². The number of aromatic nitrogens is 4. The zero-order valence-electron chi connectivity index (χ0n) is 21.5. The lowest BCUT2D eigenvalue weighted by molar-refractivity contribution is -0.192. The van der Waals surface area contributed by atoms with Gasteiger partial charge in [-0.2, -0.15) is 23.1 Å². The summed E-state index contributed by atoms with van der Waals surface area (Å²) < 4.78 is 33.4. The summed E-state index contributed by atoms with van der Waals surface area (Å²) in [6.07, 6.45) is -5.09. The summed E-state index contributed by atoms with van der Waals surface area (Å²) in [4.78, 5) is 33.9. The molecule has 0 aliphatic heterocycles. The first-order valence-corrected chi connectivity index (χ1v) is 12.8. The first-order chi connectivity index (χ1) is 19.4. The van der Waals surface area contributed by atoms with Gasteiger partial charge in [-0.15, -0.1) is 0 Å². The maximum absolute atomic E-state index is 11.8. The molecule has 1 amide bonds. The molecule has 1 fully saturated rings. The van der Waals surface area contributed by atoms with E-state index in [9.17, 15) is 28.2 Å². The molecule has 15 heteroatoms. The second-order valence-corrected chi connectivity index (χ2v) is 9.61. The number of hydrogen-bond donors (Lipinski definition) is 5. The number of carbonyl (C=O) groups excluding carboxylic acids is 1. The molecule has 0 saturated heterocycles. The molecule has 1 saturated carbocycles. The van der Waals surface area contributed by atoms with Crippen molar-refractivity contribution < 1.29 is 38.1 Å². The Balaban J connectivity index is 0.000000493. The molecule has 4 aromatic rings. The average molecular weight is 595 g/mol. The van der Waals surface area contributed by atoms with E-state index >= 15 is 0 Å². The summed E-state index contributed by atoms with van der Waals surface area (Å²) in [7, 11) is 0. The summed E-state index contributed by atoms with van der Waals surface area (Å²) in [5.41, 5.74) is 2.05. The van der Waals surface area contributed by atoms with Crippen molar-refractivity contribution in [2.75, 3.05) is 5.32 Å². The van der Waals surface area contributed by atoms with E-state index in [0.29, 0.717) is 36.4 Å². The van der Waals surface area contributed by atoms with Crippen LogP contribution in [0.1, 0.15) is 31.4 Å². The monoisotopic (exact) mass is 594 g/mol. The molecule has 0 bridgehead atoms. The quantitative estimate of drug-likeness (QED) is 0.210. The van der Waals surface area contributed by atoms with Gasteiger partial charge in [0.25, 0.3) is 0 Å². The van der Waals surface area contributed by atoms with Crippen molar-refractivity contribution in [2.45, 2.75) is 56.8 Å². The van der Waals surface area contributed by atoms with Crippen LogP contribution in [-0.4, -0.2) is 71.1 Å². The molecule has 0 spiro atoms. The Morgan fingerprint density at radius 2 is 1.78 bits per heavy atom. The lowest BCUT2D eigenvalue weighted by Crippen LogP contribution is -2.42. The fraction of sp³-hybridized carbons (Fsp3) is 0.346. The number of carboxylic acids is 1. The molecule has 2 aromatic carbocycles. The molecule has 0 unspecified atom stereocenters. The fourth-order valence-electron chi connectivity index (χ4n) is 4.62. The van der Waals surface area contributed by atoms with Crippen LogP contribution in [0.2, 0.25) is 5.28 Å². The van der Waals surface area contributed by atoms with Gasteiger partial charge in [0.2, 0.25) is 11.2 Å². The number of anilines is 1. The number of amides is 1. The minimum absolute atomic E-state index is 0.0403. The van der Waals surface area contributed by atoms with Crippen molar-refractivity contribution in [1.82, 2.24) is 24.8 Å². The predicted octanol–water partition coefficient (Wildman–Crippen LogP) is 3.44. The summed E-state index contributed by atoms with van der Waals surface area (Å²) in [5, 5.41) is 36.7. The fourth-order valence-corrected chi connectivity index (χ4v) is 4.78. The first-order valence-electron chi connectivity index (χ1n) is 12.5. The number of aliphatic hydroxyl groups is 2. The van der Waals surface area contributed by atoms with E-state index in [1.807, 2.05) is 18.2 Å². The van der Waals surface area contributed by atoms with E-state index in [2.05, 4.69) is 49.9 Å². The maximum Gasteiger partial charge on any atom is 0.490 e. The van der Waals surface area contributed by atoms with Crippen LogP contribution in [0.25, 0.3) is 21.9 Å². The molecular formula is C26H26ClF3N6O5. The van der Waals surface area contributed by atoms with Crippen LogP contribution in [0.4, 0.5) is 19.0 Å². The highest BCUT2D eigenvalue weighted by Gasteiger charge is 2.43. The number of rotatable bonds is 6. The smallest absolute Gasteiger partial charge is 0.475 e. The van der Waals surface area contributed by atoms with Crippen molar-refractivity contribution in [3.05, 3.63) is 59.6 Å². The SMILES string of the molecule is CCC(=O)N[C@H]1C[C@@H](n2cnc3c(NCc4cccc5ccccc45)nc(Cl)nc32)[C@H](O)[C@@H]1O.O=C(O)C(F)(F)F. The molecule has 5 N–H and O–H groups in total. The zero-order chi connectivity index (χ0) is 29.9. The number of aliphatic hydroxyl groups excluding tert-OH is 2. The van der Waals surface area contributed by atoms with E-state index in [1.165, 1.54) is 0 Å². The summed E-state index contributed by atoms with van der Waals surface area (Å²) in [5.74, 6) is -2.46. The Kier molecular flexibility index (Phi) is 8.95. The standard InChI is InChI=1S/C24H25ClN6O3.C2HF3O2/c1-2-18(32)28-16-10-17(21(34)20(16)33)31-12-27-19-22(29-24(25)30-23(19)31)26-11-14-8-5-7-13-6-3-4-9-15(13)14;3-2(4,5)1(6)7/h3-9,12,16-17,20-21,33-34H,2,10-11H2,1H3,(H,28,32)(H,26,29,30);(H,6,7)/t16-,17+,20+,21-;/m0./s1. The Labute approximate surface area is 236 Å². The molecule has 1 aliphatic carbocycles. The molecule has 2 aromatic heterocycles. The van der Waals surface area contributed by atoms with E-state index in [4.69, 9.17) is 21.5 Å². The van der Waals surface area contributed by atoms with Crippen molar-refractivity contribution >= 4 is 51.2 Å². The average Bonchev–Trinajstić information content (AvgIpc) is 3.47. The van der Waals surface area contributed by atoms with Crippen molar-refractivity contribution in [2.24, 2.45) is 0 Å². The van der Waals surface area contributed by atoms with E-state index < -0.39 is 36.4 Å². The van der Waals surface area contributed by atoms with E-state index in [-0.39, 0.29) is 11.2 Å². The lowest BCUT2D eigenvalue weighted by Gasteiger charge is -2.18. The van der Waals surface area contributed by atoms with Crippen LogP contribution in [0.5, 0.6) is 0 Å². The third-order valence-corrected chi connectivity index (χ3v) is 6.81. The van der Waals surface area contributed by atoms with Crippen LogP contribution < -0.4 is 10.6 Å². The third kappa shape index (κ3) is 6.66. The Bertz CT molecular complexity index is 1560. The predicted molar refractivity (Wildman–Crippen MR) is 143 cm³/mol. The van der Waals surface area contributed by atoms with Gasteiger partial charge in [0, 0.05) is 13.0 Å².